The molecule has 86 valence electrons. The van der Waals surface area contributed by atoms with E-state index in [1.54, 1.807) is 6.07 Å². The van der Waals surface area contributed by atoms with Crippen LogP contribution in [0.1, 0.15) is 11.1 Å². The van der Waals surface area contributed by atoms with Gasteiger partial charge >= 0.3 is 0 Å². The summed E-state index contributed by atoms with van der Waals surface area (Å²) in [5, 5.41) is 0.830. The number of hydrogen-bond acceptors (Lipinski definition) is 1. The van der Waals surface area contributed by atoms with Crippen LogP contribution in [0.25, 0.3) is 11.1 Å². The SMILES string of the molecule is Fc1ccc2c(c1)OCc1cc(CBr)ccc1-2. The van der Waals surface area contributed by atoms with E-state index in [1.165, 1.54) is 17.7 Å². The molecule has 3 rings (SSSR count). The van der Waals surface area contributed by atoms with Gasteiger partial charge in [-0.3, -0.25) is 0 Å². The predicted octanol–water partition coefficient (Wildman–Crippen LogP) is 4.28. The minimum Gasteiger partial charge on any atom is -0.488 e. The Morgan fingerprint density at radius 2 is 1.94 bits per heavy atom. The maximum Gasteiger partial charge on any atom is 0.130 e. The Morgan fingerprint density at radius 1 is 1.12 bits per heavy atom. The third kappa shape index (κ3) is 1.84. The normalized spacial score (nSPS) is 12.6. The van der Waals surface area contributed by atoms with Crippen molar-refractivity contribution in [3.05, 3.63) is 53.3 Å². The monoisotopic (exact) mass is 292 g/mol. The fourth-order valence-corrected chi connectivity index (χ4v) is 2.45. The number of hydrogen-bond donors (Lipinski definition) is 0. The average molecular weight is 293 g/mol. The van der Waals surface area contributed by atoms with E-state index in [9.17, 15) is 4.39 Å². The maximum atomic E-state index is 13.1. The van der Waals surface area contributed by atoms with Crippen LogP contribution < -0.4 is 4.74 Å². The number of alkyl halides is 1. The van der Waals surface area contributed by atoms with E-state index in [0.29, 0.717) is 12.4 Å². The van der Waals surface area contributed by atoms with E-state index in [-0.39, 0.29) is 5.82 Å². The van der Waals surface area contributed by atoms with E-state index >= 15 is 0 Å². The summed E-state index contributed by atoms with van der Waals surface area (Å²) in [6.45, 7) is 0.507. The Balaban J connectivity index is 2.16. The highest BCUT2D eigenvalue weighted by Crippen LogP contribution is 2.38. The first-order chi connectivity index (χ1) is 8.28. The van der Waals surface area contributed by atoms with Crippen molar-refractivity contribution < 1.29 is 9.13 Å². The second kappa shape index (κ2) is 4.15. The van der Waals surface area contributed by atoms with Gasteiger partial charge in [0.05, 0.1) is 0 Å². The first-order valence-corrected chi connectivity index (χ1v) is 6.50. The first-order valence-electron chi connectivity index (χ1n) is 5.38. The zero-order valence-electron chi connectivity index (χ0n) is 9.04. The fraction of sp³-hybridized carbons (Fsp3) is 0.143. The molecule has 0 fully saturated rings. The smallest absolute Gasteiger partial charge is 0.130 e. The lowest BCUT2D eigenvalue weighted by Crippen LogP contribution is -2.06. The first kappa shape index (κ1) is 10.8. The molecule has 17 heavy (non-hydrogen) atoms. The lowest BCUT2D eigenvalue weighted by molar-refractivity contribution is 0.300. The largest absolute Gasteiger partial charge is 0.488 e. The van der Waals surface area contributed by atoms with Crippen molar-refractivity contribution in [1.82, 2.24) is 0 Å². The third-order valence-corrected chi connectivity index (χ3v) is 3.59. The second-order valence-electron chi connectivity index (χ2n) is 4.05. The summed E-state index contributed by atoms with van der Waals surface area (Å²) in [7, 11) is 0. The van der Waals surface area contributed by atoms with Gasteiger partial charge in [0.15, 0.2) is 0 Å². The molecule has 0 unspecified atom stereocenters. The van der Waals surface area contributed by atoms with Gasteiger partial charge in [0.2, 0.25) is 0 Å². The van der Waals surface area contributed by atoms with Crippen LogP contribution in [-0.4, -0.2) is 0 Å². The number of ether oxygens (including phenoxy) is 1. The van der Waals surface area contributed by atoms with Gasteiger partial charge < -0.3 is 4.74 Å². The highest BCUT2D eigenvalue weighted by atomic mass is 79.9. The highest BCUT2D eigenvalue weighted by molar-refractivity contribution is 9.08. The molecule has 2 aromatic carbocycles. The van der Waals surface area contributed by atoms with Crippen molar-refractivity contribution in [3.63, 3.8) is 0 Å². The molecule has 0 radical (unpaired) electrons. The molecule has 0 aromatic heterocycles. The molecule has 0 atom stereocenters. The number of rotatable bonds is 1. The quantitative estimate of drug-likeness (QED) is 0.713. The molecule has 1 heterocycles. The maximum absolute atomic E-state index is 13.1. The molecular formula is C14H10BrFO. The summed E-state index contributed by atoms with van der Waals surface area (Å²) in [5.41, 5.74) is 4.48. The van der Waals surface area contributed by atoms with Crippen molar-refractivity contribution in [2.45, 2.75) is 11.9 Å². The van der Waals surface area contributed by atoms with Crippen molar-refractivity contribution in [1.29, 1.82) is 0 Å². The zero-order valence-corrected chi connectivity index (χ0v) is 10.6. The molecule has 0 amide bonds. The van der Waals surface area contributed by atoms with Crippen molar-refractivity contribution in [2.24, 2.45) is 0 Å². The minimum atomic E-state index is -0.260. The molecule has 0 N–H and O–H groups in total. The van der Waals surface area contributed by atoms with E-state index in [4.69, 9.17) is 4.74 Å². The standard InChI is InChI=1S/C14H10BrFO/c15-7-9-1-3-12-10(5-9)8-17-14-6-11(16)2-4-13(12)14/h1-6H,7-8H2. The number of fused-ring (bicyclic) bond motifs is 3. The molecule has 1 aliphatic rings. The fourth-order valence-electron chi connectivity index (χ4n) is 2.11. The van der Waals surface area contributed by atoms with Gasteiger partial charge in [0.1, 0.15) is 18.2 Å². The molecule has 0 bridgehead atoms. The minimum absolute atomic E-state index is 0.260. The van der Waals surface area contributed by atoms with Crippen LogP contribution in [0.3, 0.4) is 0 Å². The lowest BCUT2D eigenvalue weighted by atomic mass is 9.95. The van der Waals surface area contributed by atoms with Gasteiger partial charge in [0, 0.05) is 17.0 Å². The van der Waals surface area contributed by atoms with E-state index in [0.717, 1.165) is 22.0 Å². The summed E-state index contributed by atoms with van der Waals surface area (Å²) in [4.78, 5) is 0. The predicted molar refractivity (Wildman–Crippen MR) is 68.8 cm³/mol. The number of halogens is 2. The Morgan fingerprint density at radius 3 is 2.76 bits per heavy atom. The Hall–Kier alpha value is -1.35. The van der Waals surface area contributed by atoms with Crippen LogP contribution in [0, 0.1) is 5.82 Å². The van der Waals surface area contributed by atoms with Gasteiger partial charge in [-0.15, -0.1) is 0 Å². The van der Waals surface area contributed by atoms with Gasteiger partial charge in [0.25, 0.3) is 0 Å². The molecule has 0 saturated heterocycles. The van der Waals surface area contributed by atoms with Gasteiger partial charge in [-0.2, -0.15) is 0 Å². The third-order valence-electron chi connectivity index (χ3n) is 2.94. The zero-order chi connectivity index (χ0) is 11.8. The summed E-state index contributed by atoms with van der Waals surface area (Å²) < 4.78 is 18.7. The topological polar surface area (TPSA) is 9.23 Å². The molecule has 0 spiro atoms. The van der Waals surface area contributed by atoms with Crippen LogP contribution >= 0.6 is 15.9 Å². The highest BCUT2D eigenvalue weighted by Gasteiger charge is 2.17. The molecule has 2 aromatic rings. The molecule has 0 aliphatic carbocycles. The summed E-state index contributed by atoms with van der Waals surface area (Å²) in [6, 6.07) is 11.0. The molecule has 3 heteroatoms. The van der Waals surface area contributed by atoms with E-state index in [1.807, 2.05) is 0 Å². The second-order valence-corrected chi connectivity index (χ2v) is 4.62. The Labute approximate surface area is 107 Å². The van der Waals surface area contributed by atoms with Crippen LogP contribution in [0.2, 0.25) is 0 Å². The van der Waals surface area contributed by atoms with Gasteiger partial charge in [-0.1, -0.05) is 34.1 Å². The molecule has 0 saturated carbocycles. The molecular weight excluding hydrogens is 283 g/mol. The van der Waals surface area contributed by atoms with Crippen molar-refractivity contribution in [2.75, 3.05) is 0 Å². The lowest BCUT2D eigenvalue weighted by Gasteiger charge is -2.21. The van der Waals surface area contributed by atoms with Crippen LogP contribution in [0.5, 0.6) is 5.75 Å². The van der Waals surface area contributed by atoms with E-state index in [2.05, 4.69) is 34.1 Å². The van der Waals surface area contributed by atoms with Crippen LogP contribution in [0.4, 0.5) is 4.39 Å². The Bertz CT molecular complexity index is 580. The van der Waals surface area contributed by atoms with Crippen molar-refractivity contribution in [3.8, 4) is 16.9 Å². The summed E-state index contributed by atoms with van der Waals surface area (Å²) in [6.07, 6.45) is 0. The summed E-state index contributed by atoms with van der Waals surface area (Å²) in [5.74, 6) is 0.369. The molecule has 1 aliphatic heterocycles. The molecule has 1 nitrogen and oxygen atoms in total. The van der Waals surface area contributed by atoms with Crippen LogP contribution in [0.15, 0.2) is 36.4 Å². The van der Waals surface area contributed by atoms with Crippen molar-refractivity contribution >= 4 is 15.9 Å². The summed E-state index contributed by atoms with van der Waals surface area (Å²) >= 11 is 3.44. The van der Waals surface area contributed by atoms with Crippen LogP contribution in [-0.2, 0) is 11.9 Å². The van der Waals surface area contributed by atoms with Gasteiger partial charge in [-0.25, -0.2) is 4.39 Å². The average Bonchev–Trinajstić information content (AvgIpc) is 2.37. The Kier molecular flexibility index (Phi) is 2.63. The van der Waals surface area contributed by atoms with E-state index < -0.39 is 0 Å². The van der Waals surface area contributed by atoms with Gasteiger partial charge in [-0.05, 0) is 28.8 Å². The number of benzene rings is 2.